The summed E-state index contributed by atoms with van der Waals surface area (Å²) in [5, 5.41) is 8.77. The highest BCUT2D eigenvalue weighted by Crippen LogP contribution is 2.31. The average molecular weight is 288 g/mol. The second-order valence-corrected chi connectivity index (χ2v) is 6.09. The lowest BCUT2D eigenvalue weighted by Gasteiger charge is -2.39. The first-order valence-electron chi connectivity index (χ1n) is 7.36. The van der Waals surface area contributed by atoms with Crippen molar-refractivity contribution >= 4 is 11.9 Å². The van der Waals surface area contributed by atoms with Crippen LogP contribution in [0, 0.1) is 0 Å². The van der Waals surface area contributed by atoms with Crippen LogP contribution in [0.4, 0.5) is 0 Å². The fourth-order valence-electron chi connectivity index (χ4n) is 3.53. The number of carboxylic acid groups (broad SMARTS) is 1. The highest BCUT2D eigenvalue weighted by atomic mass is 16.4. The lowest BCUT2D eigenvalue weighted by Crippen LogP contribution is -2.54. The van der Waals surface area contributed by atoms with Gasteiger partial charge < -0.3 is 14.9 Å². The number of rotatable bonds is 3. The lowest BCUT2D eigenvalue weighted by atomic mass is 10.1. The predicted molar refractivity (Wildman–Crippen MR) is 78.3 cm³/mol. The van der Waals surface area contributed by atoms with E-state index in [-0.39, 0.29) is 12.3 Å². The number of carboxylic acids is 1. The third-order valence-corrected chi connectivity index (χ3v) is 4.46. The maximum absolute atomic E-state index is 12.7. The van der Waals surface area contributed by atoms with E-state index >= 15 is 0 Å². The zero-order valence-corrected chi connectivity index (χ0v) is 12.2. The molecular formula is C16H20N2O3. The van der Waals surface area contributed by atoms with Crippen LogP contribution < -0.4 is 0 Å². The zero-order chi connectivity index (χ0) is 15.0. The van der Waals surface area contributed by atoms with E-state index in [1.54, 1.807) is 24.3 Å². The normalized spacial score (nSPS) is 25.1. The molecule has 0 spiro atoms. The second-order valence-electron chi connectivity index (χ2n) is 6.09. The van der Waals surface area contributed by atoms with E-state index in [9.17, 15) is 9.59 Å². The van der Waals surface area contributed by atoms with Gasteiger partial charge in [0.1, 0.15) is 0 Å². The van der Waals surface area contributed by atoms with E-state index in [1.807, 2.05) is 4.90 Å². The number of fused-ring (bicyclic) bond motifs is 2. The van der Waals surface area contributed by atoms with E-state index in [1.165, 1.54) is 0 Å². The van der Waals surface area contributed by atoms with Crippen molar-refractivity contribution in [3.8, 4) is 0 Å². The Morgan fingerprint density at radius 1 is 1.14 bits per heavy atom. The summed E-state index contributed by atoms with van der Waals surface area (Å²) in [5.41, 5.74) is 1.38. The number of amides is 1. The molecule has 2 atom stereocenters. The Hall–Kier alpha value is -1.88. The molecule has 5 heteroatoms. The highest BCUT2D eigenvalue weighted by Gasteiger charge is 2.41. The molecule has 5 nitrogen and oxygen atoms in total. The van der Waals surface area contributed by atoms with Gasteiger partial charge in [0.25, 0.3) is 5.91 Å². The molecule has 0 saturated carbocycles. The van der Waals surface area contributed by atoms with Gasteiger partial charge in [0.05, 0.1) is 6.42 Å². The molecule has 1 aromatic rings. The largest absolute Gasteiger partial charge is 0.481 e. The fourth-order valence-corrected chi connectivity index (χ4v) is 3.53. The molecule has 2 saturated heterocycles. The van der Waals surface area contributed by atoms with Crippen molar-refractivity contribution in [1.82, 2.24) is 9.80 Å². The van der Waals surface area contributed by atoms with Crippen LogP contribution in [-0.2, 0) is 11.2 Å². The topological polar surface area (TPSA) is 60.9 Å². The molecule has 2 unspecified atom stereocenters. The molecule has 112 valence electrons. The van der Waals surface area contributed by atoms with Crippen LogP contribution in [-0.4, -0.2) is 59.0 Å². The first-order chi connectivity index (χ1) is 10.0. The quantitative estimate of drug-likeness (QED) is 0.909. The van der Waals surface area contributed by atoms with Crippen molar-refractivity contribution in [2.75, 3.05) is 20.1 Å². The molecule has 2 aliphatic rings. The van der Waals surface area contributed by atoms with Gasteiger partial charge in [0, 0.05) is 30.7 Å². The van der Waals surface area contributed by atoms with Gasteiger partial charge in [-0.1, -0.05) is 12.1 Å². The Kier molecular flexibility index (Phi) is 3.68. The van der Waals surface area contributed by atoms with E-state index < -0.39 is 5.97 Å². The minimum absolute atomic E-state index is 0.00572. The zero-order valence-electron chi connectivity index (χ0n) is 12.2. The van der Waals surface area contributed by atoms with Crippen molar-refractivity contribution in [3.63, 3.8) is 0 Å². The summed E-state index contributed by atoms with van der Waals surface area (Å²) in [6, 6.07) is 7.61. The number of hydrogen-bond acceptors (Lipinski definition) is 3. The number of carbonyl (C=O) groups excluding carboxylic acids is 1. The number of benzene rings is 1. The maximum Gasteiger partial charge on any atom is 0.307 e. The Balaban J connectivity index is 1.75. The van der Waals surface area contributed by atoms with Gasteiger partial charge in [-0.3, -0.25) is 9.59 Å². The summed E-state index contributed by atoms with van der Waals surface area (Å²) in [7, 11) is 2.10. The summed E-state index contributed by atoms with van der Waals surface area (Å²) in [6.45, 7) is 1.89. The van der Waals surface area contributed by atoms with Crippen molar-refractivity contribution < 1.29 is 14.7 Å². The van der Waals surface area contributed by atoms with Crippen LogP contribution >= 0.6 is 0 Å². The summed E-state index contributed by atoms with van der Waals surface area (Å²) < 4.78 is 0. The van der Waals surface area contributed by atoms with E-state index in [4.69, 9.17) is 5.11 Å². The number of hydrogen-bond donors (Lipinski definition) is 1. The second kappa shape index (κ2) is 5.48. The van der Waals surface area contributed by atoms with Crippen LogP contribution in [0.15, 0.2) is 24.3 Å². The Morgan fingerprint density at radius 2 is 1.71 bits per heavy atom. The van der Waals surface area contributed by atoms with Gasteiger partial charge in [0.2, 0.25) is 0 Å². The van der Waals surface area contributed by atoms with Gasteiger partial charge in [-0.15, -0.1) is 0 Å². The molecule has 0 aromatic heterocycles. The molecule has 0 radical (unpaired) electrons. The highest BCUT2D eigenvalue weighted by molar-refractivity contribution is 5.95. The minimum Gasteiger partial charge on any atom is -0.481 e. The third-order valence-electron chi connectivity index (χ3n) is 4.46. The number of nitrogens with zero attached hydrogens (tertiary/aromatic N) is 2. The van der Waals surface area contributed by atoms with E-state index in [0.717, 1.165) is 31.5 Å². The van der Waals surface area contributed by atoms with Gasteiger partial charge in [-0.05, 0) is 37.6 Å². The fraction of sp³-hybridized carbons (Fsp3) is 0.500. The number of likely N-dealkylation sites (N-methyl/N-ethyl adjacent to an activating group) is 1. The molecule has 1 N–H and O–H groups in total. The molecule has 2 bridgehead atoms. The molecule has 3 rings (SSSR count). The van der Waals surface area contributed by atoms with Crippen LogP contribution in [0.5, 0.6) is 0 Å². The molecule has 2 heterocycles. The minimum atomic E-state index is -0.855. The van der Waals surface area contributed by atoms with Gasteiger partial charge >= 0.3 is 5.97 Å². The molecular weight excluding hydrogens is 268 g/mol. The SMILES string of the molecule is CN1CC2CCC(C1)N2C(=O)c1ccc(CC(=O)O)cc1. The van der Waals surface area contributed by atoms with E-state index in [0.29, 0.717) is 17.6 Å². The van der Waals surface area contributed by atoms with Gasteiger partial charge in [0.15, 0.2) is 0 Å². The Morgan fingerprint density at radius 3 is 2.24 bits per heavy atom. The molecule has 2 aliphatic heterocycles. The monoisotopic (exact) mass is 288 g/mol. The molecule has 1 amide bonds. The number of piperazine rings is 1. The predicted octanol–water partition coefficient (Wildman–Crippen LogP) is 1.23. The molecule has 2 fully saturated rings. The number of likely N-dealkylation sites (tertiary alicyclic amines) is 1. The van der Waals surface area contributed by atoms with E-state index in [2.05, 4.69) is 11.9 Å². The number of carbonyl (C=O) groups is 2. The van der Waals surface area contributed by atoms with Gasteiger partial charge in [-0.2, -0.15) is 0 Å². The van der Waals surface area contributed by atoms with Gasteiger partial charge in [-0.25, -0.2) is 0 Å². The summed E-state index contributed by atoms with van der Waals surface area (Å²) in [6.07, 6.45) is 2.16. The maximum atomic E-state index is 12.7. The van der Waals surface area contributed by atoms with Crippen LogP contribution in [0.25, 0.3) is 0 Å². The molecule has 21 heavy (non-hydrogen) atoms. The Bertz CT molecular complexity index is 541. The average Bonchev–Trinajstić information content (AvgIpc) is 2.70. The third kappa shape index (κ3) is 2.78. The standard InChI is InChI=1S/C16H20N2O3/c1-17-9-13-6-7-14(10-17)18(13)16(21)12-4-2-11(3-5-12)8-15(19)20/h2-5,13-14H,6-10H2,1H3,(H,19,20). The smallest absolute Gasteiger partial charge is 0.307 e. The lowest BCUT2D eigenvalue weighted by molar-refractivity contribution is -0.136. The van der Waals surface area contributed by atoms with Crippen molar-refractivity contribution in [2.45, 2.75) is 31.3 Å². The van der Waals surface area contributed by atoms with Crippen molar-refractivity contribution in [1.29, 1.82) is 0 Å². The first kappa shape index (κ1) is 14.1. The first-order valence-corrected chi connectivity index (χ1v) is 7.36. The van der Waals surface area contributed by atoms with Crippen LogP contribution in [0.1, 0.15) is 28.8 Å². The number of aliphatic carboxylic acids is 1. The molecule has 0 aliphatic carbocycles. The summed E-state index contributed by atoms with van der Waals surface area (Å²) in [4.78, 5) is 27.7. The van der Waals surface area contributed by atoms with Crippen LogP contribution in [0.2, 0.25) is 0 Å². The van der Waals surface area contributed by atoms with Crippen molar-refractivity contribution in [3.05, 3.63) is 35.4 Å². The molecule has 1 aromatic carbocycles. The summed E-state index contributed by atoms with van der Waals surface area (Å²) in [5.74, 6) is -0.774. The van der Waals surface area contributed by atoms with Crippen LogP contribution in [0.3, 0.4) is 0 Å². The Labute approximate surface area is 124 Å². The summed E-state index contributed by atoms with van der Waals surface area (Å²) >= 11 is 0. The van der Waals surface area contributed by atoms with Crippen molar-refractivity contribution in [2.24, 2.45) is 0 Å².